The van der Waals surface area contributed by atoms with Crippen LogP contribution in [-0.2, 0) is 11.8 Å². The minimum absolute atomic E-state index is 0.0810. The van der Waals surface area contributed by atoms with Crippen molar-refractivity contribution in [3.63, 3.8) is 0 Å². The number of amides is 1. The molecule has 1 aromatic rings. The maximum absolute atomic E-state index is 11.8. The zero-order valence-electron chi connectivity index (χ0n) is 11.0. The van der Waals surface area contributed by atoms with Gasteiger partial charge < -0.3 is 16.4 Å². The van der Waals surface area contributed by atoms with Gasteiger partial charge in [-0.25, -0.2) is 0 Å². The second-order valence-corrected chi connectivity index (χ2v) is 5.21. The Hall–Kier alpha value is -1.72. The van der Waals surface area contributed by atoms with Crippen molar-refractivity contribution in [2.75, 3.05) is 11.1 Å². The van der Waals surface area contributed by atoms with Crippen molar-refractivity contribution in [2.45, 2.75) is 39.3 Å². The number of nitrogens with one attached hydrogen (secondary N) is 2. The van der Waals surface area contributed by atoms with Crippen molar-refractivity contribution in [1.29, 1.82) is 0 Å². The van der Waals surface area contributed by atoms with Gasteiger partial charge in [0, 0.05) is 18.8 Å². The van der Waals surface area contributed by atoms with Crippen LogP contribution < -0.4 is 16.4 Å². The molecule has 0 aliphatic heterocycles. The summed E-state index contributed by atoms with van der Waals surface area (Å²) in [6, 6.07) is -0.383. The minimum atomic E-state index is -0.383. The summed E-state index contributed by atoms with van der Waals surface area (Å²) in [5.74, 6) is 0.451. The molecule has 4 N–H and O–H groups in total. The molecule has 0 saturated heterocycles. The molecule has 0 aliphatic rings. The van der Waals surface area contributed by atoms with E-state index in [9.17, 15) is 4.79 Å². The van der Waals surface area contributed by atoms with Crippen molar-refractivity contribution < 1.29 is 4.79 Å². The summed E-state index contributed by atoms with van der Waals surface area (Å²) in [6.45, 7) is 7.58. The predicted octanol–water partition coefficient (Wildman–Crippen LogP) is 0.717. The zero-order valence-corrected chi connectivity index (χ0v) is 11.0. The highest BCUT2D eigenvalue weighted by molar-refractivity contribution is 5.85. The van der Waals surface area contributed by atoms with Crippen LogP contribution in [-0.4, -0.2) is 27.3 Å². The average molecular weight is 239 g/mol. The first-order valence-electron chi connectivity index (χ1n) is 5.57. The summed E-state index contributed by atoms with van der Waals surface area (Å²) in [4.78, 5) is 11.8. The average Bonchev–Trinajstić information content (AvgIpc) is 2.42. The van der Waals surface area contributed by atoms with Crippen LogP contribution in [0.4, 0.5) is 11.5 Å². The number of carbonyl (C=O) groups is 1. The van der Waals surface area contributed by atoms with Crippen LogP contribution >= 0.6 is 0 Å². The second-order valence-electron chi connectivity index (χ2n) is 5.21. The molecule has 0 radical (unpaired) electrons. The molecule has 6 heteroatoms. The van der Waals surface area contributed by atoms with Gasteiger partial charge in [0.15, 0.2) is 5.82 Å². The number of nitrogens with two attached hydrogens (primary N) is 1. The number of rotatable bonds is 3. The lowest BCUT2D eigenvalue weighted by Gasteiger charge is -2.23. The third kappa shape index (κ3) is 3.97. The highest BCUT2D eigenvalue weighted by atomic mass is 16.2. The van der Waals surface area contributed by atoms with Crippen LogP contribution in [0.3, 0.4) is 0 Å². The first-order chi connectivity index (χ1) is 7.69. The Kier molecular flexibility index (Phi) is 3.65. The quantitative estimate of drug-likeness (QED) is 0.725. The van der Waals surface area contributed by atoms with Crippen molar-refractivity contribution >= 4 is 17.4 Å². The lowest BCUT2D eigenvalue weighted by molar-refractivity contribution is -0.122. The largest absolute Gasteiger partial charge is 0.394 e. The zero-order chi connectivity index (χ0) is 13.2. The van der Waals surface area contributed by atoms with Crippen LogP contribution in [0.25, 0.3) is 0 Å². The van der Waals surface area contributed by atoms with E-state index in [1.165, 1.54) is 0 Å². The molecule has 0 fully saturated rings. The molecule has 0 spiro atoms. The van der Waals surface area contributed by atoms with Gasteiger partial charge in [0.05, 0.1) is 5.69 Å². The molecule has 1 rings (SSSR count). The molecule has 0 bridgehead atoms. The Bertz CT molecular complexity index is 404. The molecular weight excluding hydrogens is 218 g/mol. The van der Waals surface area contributed by atoms with Crippen LogP contribution in [0.2, 0.25) is 0 Å². The summed E-state index contributed by atoms with van der Waals surface area (Å²) in [6.07, 6.45) is 1.69. The van der Waals surface area contributed by atoms with Gasteiger partial charge in [-0.3, -0.25) is 9.48 Å². The Morgan fingerprint density at radius 3 is 2.53 bits per heavy atom. The van der Waals surface area contributed by atoms with Gasteiger partial charge >= 0.3 is 0 Å². The lowest BCUT2D eigenvalue weighted by atomic mass is 10.1. The van der Waals surface area contributed by atoms with E-state index in [0.29, 0.717) is 11.5 Å². The molecule has 17 heavy (non-hydrogen) atoms. The number of aryl methyl sites for hydroxylation is 1. The summed E-state index contributed by atoms with van der Waals surface area (Å²) in [5, 5.41) is 10.0. The standard InChI is InChI=1S/C11H21N5O/c1-7(10(17)14-11(2,3)4)13-9-8(12)6-16(5)15-9/h6-7H,12H2,1-5H3,(H,13,15)(H,14,17). The van der Waals surface area contributed by atoms with Crippen LogP contribution in [0.15, 0.2) is 6.20 Å². The fourth-order valence-corrected chi connectivity index (χ4v) is 1.37. The molecule has 1 aromatic heterocycles. The van der Waals surface area contributed by atoms with E-state index in [-0.39, 0.29) is 17.5 Å². The van der Waals surface area contributed by atoms with Gasteiger partial charge in [-0.15, -0.1) is 0 Å². The SMILES string of the molecule is CC(Nc1nn(C)cc1N)C(=O)NC(C)(C)C. The van der Waals surface area contributed by atoms with Gasteiger partial charge in [-0.2, -0.15) is 5.10 Å². The fourth-order valence-electron chi connectivity index (χ4n) is 1.37. The maximum atomic E-state index is 11.8. The Labute approximate surface area is 102 Å². The van der Waals surface area contributed by atoms with Crippen LogP contribution in [0.1, 0.15) is 27.7 Å². The first-order valence-corrected chi connectivity index (χ1v) is 5.57. The molecule has 1 atom stereocenters. The van der Waals surface area contributed by atoms with Gasteiger partial charge in [-0.1, -0.05) is 0 Å². The summed E-state index contributed by atoms with van der Waals surface area (Å²) in [7, 11) is 1.78. The molecule has 1 unspecified atom stereocenters. The Morgan fingerprint density at radius 1 is 1.53 bits per heavy atom. The Morgan fingerprint density at radius 2 is 2.12 bits per heavy atom. The number of hydrogen-bond acceptors (Lipinski definition) is 4. The summed E-state index contributed by atoms with van der Waals surface area (Å²) in [5.41, 5.74) is 6.02. The number of hydrogen-bond donors (Lipinski definition) is 3. The van der Waals surface area contributed by atoms with E-state index in [2.05, 4.69) is 15.7 Å². The van der Waals surface area contributed by atoms with E-state index in [1.54, 1.807) is 24.9 Å². The van der Waals surface area contributed by atoms with Crippen molar-refractivity contribution in [2.24, 2.45) is 7.05 Å². The molecule has 6 nitrogen and oxygen atoms in total. The lowest BCUT2D eigenvalue weighted by Crippen LogP contribution is -2.47. The maximum Gasteiger partial charge on any atom is 0.242 e. The molecule has 0 saturated carbocycles. The molecule has 0 aromatic carbocycles. The highest BCUT2D eigenvalue weighted by Crippen LogP contribution is 2.15. The second kappa shape index (κ2) is 4.65. The topological polar surface area (TPSA) is 85.0 Å². The van der Waals surface area contributed by atoms with Gasteiger partial charge in [0.2, 0.25) is 5.91 Å². The monoisotopic (exact) mass is 239 g/mol. The number of carbonyl (C=O) groups excluding carboxylic acids is 1. The highest BCUT2D eigenvalue weighted by Gasteiger charge is 2.20. The van der Waals surface area contributed by atoms with Crippen molar-refractivity contribution in [3.8, 4) is 0 Å². The number of nitrogen functional groups attached to an aromatic ring is 1. The predicted molar refractivity (Wildman–Crippen MR) is 68.6 cm³/mol. The molecule has 0 aliphatic carbocycles. The van der Waals surface area contributed by atoms with Crippen molar-refractivity contribution in [3.05, 3.63) is 6.20 Å². The number of aromatic nitrogens is 2. The minimum Gasteiger partial charge on any atom is -0.394 e. The molecular formula is C11H21N5O. The van der Waals surface area contributed by atoms with E-state index in [4.69, 9.17) is 5.73 Å². The summed E-state index contributed by atoms with van der Waals surface area (Å²) < 4.78 is 1.60. The third-order valence-electron chi connectivity index (χ3n) is 2.10. The van der Waals surface area contributed by atoms with E-state index < -0.39 is 0 Å². The van der Waals surface area contributed by atoms with Crippen molar-refractivity contribution in [1.82, 2.24) is 15.1 Å². The van der Waals surface area contributed by atoms with Gasteiger partial charge in [0.1, 0.15) is 6.04 Å². The molecule has 1 amide bonds. The van der Waals surface area contributed by atoms with Crippen LogP contribution in [0, 0.1) is 0 Å². The van der Waals surface area contributed by atoms with Gasteiger partial charge in [-0.05, 0) is 27.7 Å². The number of anilines is 2. The van der Waals surface area contributed by atoms with E-state index >= 15 is 0 Å². The normalized spacial score (nSPS) is 13.2. The molecule has 1 heterocycles. The smallest absolute Gasteiger partial charge is 0.242 e. The third-order valence-corrected chi connectivity index (χ3v) is 2.10. The summed E-state index contributed by atoms with van der Waals surface area (Å²) >= 11 is 0. The fraction of sp³-hybridized carbons (Fsp3) is 0.636. The van der Waals surface area contributed by atoms with Crippen LogP contribution in [0.5, 0.6) is 0 Å². The van der Waals surface area contributed by atoms with E-state index in [0.717, 1.165) is 0 Å². The first kappa shape index (κ1) is 13.3. The molecule has 96 valence electrons. The Balaban J connectivity index is 2.63. The van der Waals surface area contributed by atoms with E-state index in [1.807, 2.05) is 20.8 Å². The number of nitrogens with zero attached hydrogens (tertiary/aromatic N) is 2. The van der Waals surface area contributed by atoms with Gasteiger partial charge in [0.25, 0.3) is 0 Å².